The molecule has 152 valence electrons. The first kappa shape index (κ1) is 21.6. The summed E-state index contributed by atoms with van der Waals surface area (Å²) in [4.78, 5) is 36.9. The van der Waals surface area contributed by atoms with E-state index >= 15 is 0 Å². The van der Waals surface area contributed by atoms with Crippen LogP contribution in [0.15, 0.2) is 42.5 Å². The van der Waals surface area contributed by atoms with Crippen molar-refractivity contribution in [1.82, 2.24) is 4.90 Å². The van der Waals surface area contributed by atoms with Crippen LogP contribution in [0.25, 0.3) is 0 Å². The van der Waals surface area contributed by atoms with E-state index < -0.39 is 40.3 Å². The molecule has 1 aromatic carbocycles. The van der Waals surface area contributed by atoms with Gasteiger partial charge < -0.3 is 14.4 Å². The lowest BCUT2D eigenvalue weighted by Gasteiger charge is -2.28. The molecule has 1 saturated heterocycles. The van der Waals surface area contributed by atoms with Crippen LogP contribution in [0.5, 0.6) is 0 Å². The number of hydrogen-bond acceptors (Lipinski definition) is 7. The van der Waals surface area contributed by atoms with E-state index in [2.05, 4.69) is 4.74 Å². The quantitative estimate of drug-likeness (QED) is 0.463. The number of nitrogens with zero attached hydrogens (tertiary/aromatic N) is 1. The Morgan fingerprint density at radius 3 is 2.32 bits per heavy atom. The van der Waals surface area contributed by atoms with Gasteiger partial charge in [0, 0.05) is 24.7 Å². The Balaban J connectivity index is 2.00. The summed E-state index contributed by atoms with van der Waals surface area (Å²) in [5.74, 6) is -2.13. The third-order valence-electron chi connectivity index (χ3n) is 4.15. The first-order valence-corrected chi connectivity index (χ1v) is 10.7. The lowest BCUT2D eigenvalue weighted by Crippen LogP contribution is -2.42. The van der Waals surface area contributed by atoms with Gasteiger partial charge in [-0.3, -0.25) is 4.79 Å². The molecule has 1 amide bonds. The predicted molar refractivity (Wildman–Crippen MR) is 101 cm³/mol. The van der Waals surface area contributed by atoms with Crippen LogP contribution in [0.3, 0.4) is 0 Å². The van der Waals surface area contributed by atoms with Crippen molar-refractivity contribution < 1.29 is 32.3 Å². The number of ether oxygens (including phenoxy) is 2. The lowest BCUT2D eigenvalue weighted by molar-refractivity contribution is -0.149. The van der Waals surface area contributed by atoms with Gasteiger partial charge in [0.05, 0.1) is 18.1 Å². The zero-order valence-corrected chi connectivity index (χ0v) is 16.4. The Labute approximate surface area is 164 Å². The first-order chi connectivity index (χ1) is 13.3. The van der Waals surface area contributed by atoms with E-state index in [0.717, 1.165) is 17.7 Å². The Morgan fingerprint density at radius 1 is 1.11 bits per heavy atom. The number of rotatable bonds is 8. The SMILES string of the molecule is CCOC(=O)/C=C/C(=O)OCC(=O)N(Cc1ccccc1)[C@H]1CCS(=O)(=O)C1. The Morgan fingerprint density at radius 2 is 1.75 bits per heavy atom. The molecule has 0 saturated carbocycles. The highest BCUT2D eigenvalue weighted by Gasteiger charge is 2.34. The zero-order chi connectivity index (χ0) is 20.6. The summed E-state index contributed by atoms with van der Waals surface area (Å²) in [5, 5.41) is 0. The van der Waals surface area contributed by atoms with Crippen molar-refractivity contribution >= 4 is 27.7 Å². The largest absolute Gasteiger partial charge is 0.463 e. The van der Waals surface area contributed by atoms with Gasteiger partial charge in [0.1, 0.15) is 0 Å². The molecule has 2 rings (SSSR count). The molecule has 0 bridgehead atoms. The van der Waals surface area contributed by atoms with E-state index in [9.17, 15) is 22.8 Å². The van der Waals surface area contributed by atoms with E-state index in [4.69, 9.17) is 4.74 Å². The van der Waals surface area contributed by atoms with E-state index in [0.29, 0.717) is 6.42 Å². The molecule has 1 fully saturated rings. The lowest BCUT2D eigenvalue weighted by atomic mass is 10.1. The van der Waals surface area contributed by atoms with Crippen LogP contribution < -0.4 is 0 Å². The zero-order valence-electron chi connectivity index (χ0n) is 15.6. The molecule has 8 nitrogen and oxygen atoms in total. The number of esters is 2. The van der Waals surface area contributed by atoms with Crippen molar-refractivity contribution in [3.63, 3.8) is 0 Å². The smallest absolute Gasteiger partial charge is 0.331 e. The number of sulfone groups is 1. The Bertz CT molecular complexity index is 833. The highest BCUT2D eigenvalue weighted by Crippen LogP contribution is 2.20. The summed E-state index contributed by atoms with van der Waals surface area (Å²) in [5.41, 5.74) is 0.841. The van der Waals surface area contributed by atoms with Gasteiger partial charge in [0.25, 0.3) is 5.91 Å². The van der Waals surface area contributed by atoms with Crippen LogP contribution in [0.1, 0.15) is 18.9 Å². The minimum absolute atomic E-state index is 0.0261. The van der Waals surface area contributed by atoms with Crippen molar-refractivity contribution in [2.75, 3.05) is 24.7 Å². The normalized spacial score (nSPS) is 18.0. The minimum Gasteiger partial charge on any atom is -0.463 e. The summed E-state index contributed by atoms with van der Waals surface area (Å²) in [7, 11) is -3.19. The number of carbonyl (C=O) groups excluding carboxylic acids is 3. The van der Waals surface area contributed by atoms with Crippen LogP contribution in [-0.2, 0) is 40.2 Å². The average molecular weight is 409 g/mol. The van der Waals surface area contributed by atoms with E-state index in [1.165, 1.54) is 4.90 Å². The first-order valence-electron chi connectivity index (χ1n) is 8.86. The van der Waals surface area contributed by atoms with Crippen LogP contribution in [-0.4, -0.2) is 61.9 Å². The highest BCUT2D eigenvalue weighted by molar-refractivity contribution is 7.91. The summed E-state index contributed by atoms with van der Waals surface area (Å²) < 4.78 is 33.2. The molecule has 0 aromatic heterocycles. The number of carbonyl (C=O) groups is 3. The molecule has 1 aliphatic heterocycles. The highest BCUT2D eigenvalue weighted by atomic mass is 32.2. The van der Waals surface area contributed by atoms with Crippen molar-refractivity contribution in [3.8, 4) is 0 Å². The fraction of sp³-hybridized carbons (Fsp3) is 0.421. The standard InChI is InChI=1S/C19H23NO7S/c1-2-26-18(22)8-9-19(23)27-13-17(21)20(12-15-6-4-3-5-7-15)16-10-11-28(24,25)14-16/h3-9,16H,2,10-14H2,1H3/b9-8+/t16-/m0/s1. The van der Waals surface area contributed by atoms with Gasteiger partial charge in [-0.05, 0) is 18.9 Å². The van der Waals surface area contributed by atoms with Gasteiger partial charge in [-0.2, -0.15) is 0 Å². The van der Waals surface area contributed by atoms with E-state index in [1.54, 1.807) is 6.92 Å². The number of hydrogen-bond donors (Lipinski definition) is 0. The molecular formula is C19H23NO7S. The van der Waals surface area contributed by atoms with Crippen LogP contribution in [0.4, 0.5) is 0 Å². The molecule has 1 aromatic rings. The van der Waals surface area contributed by atoms with Gasteiger partial charge in [-0.25, -0.2) is 18.0 Å². The molecule has 1 atom stereocenters. The molecule has 0 radical (unpaired) electrons. The average Bonchev–Trinajstić information content (AvgIpc) is 3.03. The van der Waals surface area contributed by atoms with Gasteiger partial charge >= 0.3 is 11.9 Å². The molecule has 0 spiro atoms. The summed E-state index contributed by atoms with van der Waals surface area (Å²) >= 11 is 0. The molecule has 0 unspecified atom stereocenters. The van der Waals surface area contributed by atoms with Crippen molar-refractivity contribution in [2.45, 2.75) is 25.9 Å². The van der Waals surface area contributed by atoms with Crippen LogP contribution in [0, 0.1) is 0 Å². The molecule has 28 heavy (non-hydrogen) atoms. The second-order valence-electron chi connectivity index (χ2n) is 6.26. The molecule has 1 aliphatic rings. The van der Waals surface area contributed by atoms with Crippen molar-refractivity contribution in [2.24, 2.45) is 0 Å². The van der Waals surface area contributed by atoms with Gasteiger partial charge in [-0.1, -0.05) is 30.3 Å². The van der Waals surface area contributed by atoms with E-state index in [1.807, 2.05) is 30.3 Å². The van der Waals surface area contributed by atoms with Crippen molar-refractivity contribution in [3.05, 3.63) is 48.0 Å². The van der Waals surface area contributed by atoms with Crippen LogP contribution in [0.2, 0.25) is 0 Å². The van der Waals surface area contributed by atoms with Gasteiger partial charge in [0.15, 0.2) is 16.4 Å². The third-order valence-corrected chi connectivity index (χ3v) is 5.90. The molecule has 1 heterocycles. The number of amides is 1. The molecule has 0 aliphatic carbocycles. The second-order valence-corrected chi connectivity index (χ2v) is 8.49. The maximum atomic E-state index is 12.6. The third kappa shape index (κ3) is 6.80. The fourth-order valence-electron chi connectivity index (χ4n) is 2.81. The van der Waals surface area contributed by atoms with E-state index in [-0.39, 0.29) is 24.7 Å². The minimum atomic E-state index is -3.19. The summed E-state index contributed by atoms with van der Waals surface area (Å²) in [6.07, 6.45) is 2.14. The maximum Gasteiger partial charge on any atom is 0.331 e. The Hall–Kier alpha value is -2.68. The second kappa shape index (κ2) is 10.0. The predicted octanol–water partition coefficient (Wildman–Crippen LogP) is 0.865. The van der Waals surface area contributed by atoms with Gasteiger partial charge in [-0.15, -0.1) is 0 Å². The molecular weight excluding hydrogens is 386 g/mol. The summed E-state index contributed by atoms with van der Waals surface area (Å²) in [6, 6.07) is 8.68. The number of benzene rings is 1. The van der Waals surface area contributed by atoms with Crippen LogP contribution >= 0.6 is 0 Å². The van der Waals surface area contributed by atoms with Gasteiger partial charge in [0.2, 0.25) is 0 Å². The maximum absolute atomic E-state index is 12.6. The van der Waals surface area contributed by atoms with Crippen molar-refractivity contribution in [1.29, 1.82) is 0 Å². The topological polar surface area (TPSA) is 107 Å². The molecule has 0 N–H and O–H groups in total. The Kier molecular flexibility index (Phi) is 7.74. The monoisotopic (exact) mass is 409 g/mol. The fourth-order valence-corrected chi connectivity index (χ4v) is 4.54. The molecule has 9 heteroatoms. The summed E-state index contributed by atoms with van der Waals surface area (Å²) in [6.45, 7) is 1.48.